The lowest BCUT2D eigenvalue weighted by Gasteiger charge is -2.10. The van der Waals surface area contributed by atoms with E-state index >= 15 is 0 Å². The van der Waals surface area contributed by atoms with Gasteiger partial charge in [0.15, 0.2) is 0 Å². The molecule has 0 unspecified atom stereocenters. The zero-order valence-electron chi connectivity index (χ0n) is 11.9. The van der Waals surface area contributed by atoms with Crippen molar-refractivity contribution in [2.75, 3.05) is 5.32 Å². The van der Waals surface area contributed by atoms with E-state index in [1.54, 1.807) is 0 Å². The van der Waals surface area contributed by atoms with Crippen molar-refractivity contribution >= 4 is 21.6 Å². The summed E-state index contributed by atoms with van der Waals surface area (Å²) >= 11 is 3.61. The van der Waals surface area contributed by atoms with Gasteiger partial charge in [-0.15, -0.1) is 0 Å². The second-order valence-electron chi connectivity index (χ2n) is 4.68. The Hall–Kier alpha value is -1.80. The van der Waals surface area contributed by atoms with Crippen LogP contribution in [0.25, 0.3) is 0 Å². The Morgan fingerprint density at radius 3 is 2.80 bits per heavy atom. The van der Waals surface area contributed by atoms with Crippen LogP contribution in [0.4, 0.5) is 5.69 Å². The maximum Gasteiger partial charge on any atom is 0.0992 e. The molecule has 0 saturated carbocycles. The Labute approximate surface area is 127 Å². The van der Waals surface area contributed by atoms with Gasteiger partial charge in [0.05, 0.1) is 34.0 Å². The molecule has 2 rings (SSSR count). The second-order valence-corrected chi connectivity index (χ2v) is 5.47. The van der Waals surface area contributed by atoms with E-state index in [0.717, 1.165) is 33.5 Å². The fourth-order valence-corrected chi connectivity index (χ4v) is 2.83. The Morgan fingerprint density at radius 2 is 2.20 bits per heavy atom. The third kappa shape index (κ3) is 2.86. The highest BCUT2D eigenvalue weighted by atomic mass is 79.9. The van der Waals surface area contributed by atoms with Crippen LogP contribution in [0.3, 0.4) is 0 Å². The number of nitrogens with one attached hydrogen (secondary N) is 1. The molecular weight excluding hydrogens is 316 g/mol. The molecule has 1 heterocycles. The first-order chi connectivity index (χ1) is 9.56. The van der Waals surface area contributed by atoms with Crippen molar-refractivity contribution in [3.63, 3.8) is 0 Å². The van der Waals surface area contributed by atoms with Gasteiger partial charge in [0.1, 0.15) is 0 Å². The topological polar surface area (TPSA) is 53.6 Å². The highest BCUT2D eigenvalue weighted by Crippen LogP contribution is 2.23. The summed E-state index contributed by atoms with van der Waals surface area (Å²) in [4.78, 5) is 0. The van der Waals surface area contributed by atoms with Crippen molar-refractivity contribution in [1.82, 2.24) is 9.78 Å². The molecule has 0 fully saturated rings. The molecular formula is C15H17BrN4. The van der Waals surface area contributed by atoms with E-state index in [1.165, 1.54) is 0 Å². The van der Waals surface area contributed by atoms with Crippen LogP contribution in [0, 0.1) is 18.3 Å². The average molecular weight is 333 g/mol. The van der Waals surface area contributed by atoms with Crippen molar-refractivity contribution < 1.29 is 0 Å². The largest absolute Gasteiger partial charge is 0.379 e. The zero-order valence-corrected chi connectivity index (χ0v) is 13.5. The monoisotopic (exact) mass is 332 g/mol. The van der Waals surface area contributed by atoms with Gasteiger partial charge >= 0.3 is 0 Å². The number of nitriles is 1. The number of anilines is 1. The quantitative estimate of drug-likeness (QED) is 0.931. The van der Waals surface area contributed by atoms with E-state index in [1.807, 2.05) is 36.9 Å². The summed E-state index contributed by atoms with van der Waals surface area (Å²) in [6.45, 7) is 4.78. The van der Waals surface area contributed by atoms with Crippen molar-refractivity contribution in [2.45, 2.75) is 26.8 Å². The summed E-state index contributed by atoms with van der Waals surface area (Å²) in [6, 6.07) is 7.82. The van der Waals surface area contributed by atoms with Crippen molar-refractivity contribution in [3.05, 3.63) is 45.2 Å². The third-order valence-electron chi connectivity index (χ3n) is 3.32. The number of rotatable bonds is 4. The van der Waals surface area contributed by atoms with Crippen LogP contribution >= 0.6 is 15.9 Å². The average Bonchev–Trinajstić information content (AvgIpc) is 2.73. The highest BCUT2D eigenvalue weighted by Gasteiger charge is 2.12. The molecule has 1 N–H and O–H groups in total. The zero-order chi connectivity index (χ0) is 14.7. The first-order valence-electron chi connectivity index (χ1n) is 6.51. The summed E-state index contributed by atoms with van der Waals surface area (Å²) in [7, 11) is 1.94. The Kier molecular flexibility index (Phi) is 4.46. The lowest BCUT2D eigenvalue weighted by atomic mass is 10.1. The third-order valence-corrected chi connectivity index (χ3v) is 4.23. The number of halogens is 1. The first-order valence-corrected chi connectivity index (χ1v) is 7.31. The molecule has 0 spiro atoms. The summed E-state index contributed by atoms with van der Waals surface area (Å²) in [5.41, 5.74) is 4.93. The SMILES string of the molecule is CCc1nn(C)c(CNc2cc(C#N)ccc2C)c1Br. The Morgan fingerprint density at radius 1 is 1.45 bits per heavy atom. The van der Waals surface area contributed by atoms with Gasteiger partial charge in [0.2, 0.25) is 0 Å². The minimum atomic E-state index is 0.663. The molecule has 0 radical (unpaired) electrons. The van der Waals surface area contributed by atoms with Crippen LogP contribution in [0.15, 0.2) is 22.7 Å². The summed E-state index contributed by atoms with van der Waals surface area (Å²) in [5, 5.41) is 16.8. The number of aromatic nitrogens is 2. The molecule has 1 aromatic heterocycles. The molecule has 5 heteroatoms. The van der Waals surface area contributed by atoms with Crippen molar-refractivity contribution in [2.24, 2.45) is 7.05 Å². The number of benzene rings is 1. The van der Waals surface area contributed by atoms with Crippen LogP contribution in [0.2, 0.25) is 0 Å². The van der Waals surface area contributed by atoms with Crippen LogP contribution < -0.4 is 5.32 Å². The summed E-state index contributed by atoms with van der Waals surface area (Å²) in [6.07, 6.45) is 0.900. The Balaban J connectivity index is 2.21. The van der Waals surface area contributed by atoms with Gasteiger partial charge in [0.25, 0.3) is 0 Å². The van der Waals surface area contributed by atoms with Gasteiger partial charge in [-0.05, 0) is 47.0 Å². The Bertz CT molecular complexity index is 667. The van der Waals surface area contributed by atoms with Gasteiger partial charge in [-0.1, -0.05) is 13.0 Å². The van der Waals surface area contributed by atoms with Crippen molar-refractivity contribution in [3.8, 4) is 6.07 Å². The van der Waals surface area contributed by atoms with Crippen LogP contribution in [-0.4, -0.2) is 9.78 Å². The molecule has 0 aliphatic heterocycles. The lowest BCUT2D eigenvalue weighted by Crippen LogP contribution is -2.07. The predicted molar refractivity (Wildman–Crippen MR) is 83.5 cm³/mol. The fourth-order valence-electron chi connectivity index (χ4n) is 2.07. The second kappa shape index (κ2) is 6.10. The van der Waals surface area contributed by atoms with Crippen LogP contribution in [-0.2, 0) is 20.0 Å². The normalized spacial score (nSPS) is 10.3. The van der Waals surface area contributed by atoms with E-state index in [-0.39, 0.29) is 0 Å². The lowest BCUT2D eigenvalue weighted by molar-refractivity contribution is 0.706. The number of hydrogen-bond acceptors (Lipinski definition) is 3. The van der Waals surface area contributed by atoms with Gasteiger partial charge in [-0.2, -0.15) is 10.4 Å². The van der Waals surface area contributed by atoms with Gasteiger partial charge < -0.3 is 5.32 Å². The van der Waals surface area contributed by atoms with Gasteiger partial charge in [-0.3, -0.25) is 4.68 Å². The molecule has 104 valence electrons. The summed E-state index contributed by atoms with van der Waals surface area (Å²) < 4.78 is 2.95. The predicted octanol–water partition coefficient (Wildman–Crippen LogP) is 3.54. The van der Waals surface area contributed by atoms with E-state index in [9.17, 15) is 0 Å². The molecule has 0 saturated heterocycles. The fraction of sp³-hybridized carbons (Fsp3) is 0.333. The molecule has 4 nitrogen and oxygen atoms in total. The van der Waals surface area contributed by atoms with Crippen LogP contribution in [0.1, 0.15) is 29.4 Å². The molecule has 0 aliphatic rings. The number of hydrogen-bond donors (Lipinski definition) is 1. The van der Waals surface area contributed by atoms with E-state index in [0.29, 0.717) is 12.1 Å². The molecule has 20 heavy (non-hydrogen) atoms. The van der Waals surface area contributed by atoms with Crippen molar-refractivity contribution in [1.29, 1.82) is 5.26 Å². The number of aryl methyl sites for hydroxylation is 3. The molecule has 0 atom stereocenters. The van der Waals surface area contributed by atoms with E-state index in [2.05, 4.69) is 39.3 Å². The van der Waals surface area contributed by atoms with Crippen LogP contribution in [0.5, 0.6) is 0 Å². The molecule has 0 amide bonds. The smallest absolute Gasteiger partial charge is 0.0992 e. The molecule has 0 aliphatic carbocycles. The summed E-state index contributed by atoms with van der Waals surface area (Å²) in [5.74, 6) is 0. The maximum atomic E-state index is 8.96. The highest BCUT2D eigenvalue weighted by molar-refractivity contribution is 9.10. The van der Waals surface area contributed by atoms with Gasteiger partial charge in [-0.25, -0.2) is 0 Å². The van der Waals surface area contributed by atoms with E-state index in [4.69, 9.17) is 5.26 Å². The van der Waals surface area contributed by atoms with Gasteiger partial charge in [0, 0.05) is 12.7 Å². The maximum absolute atomic E-state index is 8.96. The molecule has 1 aromatic carbocycles. The minimum absolute atomic E-state index is 0.663. The first kappa shape index (κ1) is 14.6. The minimum Gasteiger partial charge on any atom is -0.379 e. The standard InChI is InChI=1S/C15H17BrN4/c1-4-12-15(16)14(20(3)19-12)9-18-13-7-11(8-17)6-5-10(13)2/h5-7,18H,4,9H2,1-3H3. The molecule has 0 bridgehead atoms. The van der Waals surface area contributed by atoms with E-state index < -0.39 is 0 Å². The molecule has 2 aromatic rings. The number of nitrogens with zero attached hydrogens (tertiary/aromatic N) is 3.